The molecule has 1 aromatic heterocycles. The smallest absolute Gasteiger partial charge is 0.343 e. The zero-order valence-electron chi connectivity index (χ0n) is 19.3. The van der Waals surface area contributed by atoms with Crippen molar-refractivity contribution in [3.8, 4) is 5.69 Å². The number of hydrogen-bond acceptors (Lipinski definition) is 7. The molecular weight excluding hydrogens is 482 g/mol. The maximum Gasteiger partial charge on any atom is 0.343 e. The van der Waals surface area contributed by atoms with Crippen LogP contribution in [-0.2, 0) is 11.3 Å². The Labute approximate surface area is 204 Å². The second-order valence-electron chi connectivity index (χ2n) is 8.19. The van der Waals surface area contributed by atoms with E-state index in [0.29, 0.717) is 26.2 Å². The molecule has 1 fully saturated rings. The molecule has 1 aliphatic rings. The first-order valence-corrected chi connectivity index (χ1v) is 11.5. The first-order valence-electron chi connectivity index (χ1n) is 11.1. The molecule has 2 heterocycles. The Bertz CT molecular complexity index is 1390. The number of aliphatic hydroxyl groups excluding tert-OH is 1. The van der Waals surface area contributed by atoms with Gasteiger partial charge in [-0.05, 0) is 26.0 Å². The Morgan fingerprint density at radius 3 is 2.60 bits per heavy atom. The molecule has 0 aliphatic carbocycles. The number of aromatic nitrogens is 1. The van der Waals surface area contributed by atoms with Gasteiger partial charge >= 0.3 is 5.97 Å². The van der Waals surface area contributed by atoms with Gasteiger partial charge in [-0.2, -0.15) is 0 Å². The minimum atomic E-state index is -0.907. The molecule has 0 saturated carbocycles. The lowest BCUT2D eigenvalue weighted by Crippen LogP contribution is -2.44. The minimum Gasteiger partial charge on any atom is -0.462 e. The third kappa shape index (κ3) is 4.22. The molecule has 4 rings (SSSR count). The van der Waals surface area contributed by atoms with Crippen LogP contribution in [0.25, 0.3) is 16.6 Å². The molecule has 1 aliphatic heterocycles. The maximum absolute atomic E-state index is 15.7. The van der Waals surface area contributed by atoms with Crippen LogP contribution in [0.1, 0.15) is 28.4 Å². The molecule has 1 saturated heterocycles. The van der Waals surface area contributed by atoms with E-state index in [0.717, 1.165) is 6.07 Å². The van der Waals surface area contributed by atoms with E-state index in [2.05, 4.69) is 5.32 Å². The number of nitrogens with one attached hydrogen (secondary N) is 1. The van der Waals surface area contributed by atoms with Crippen molar-refractivity contribution in [2.24, 2.45) is 0 Å². The number of aliphatic hydroxyl groups is 1. The summed E-state index contributed by atoms with van der Waals surface area (Å²) in [4.78, 5) is 27.9. The fraction of sp³-hybridized carbons (Fsp3) is 0.333. The highest BCUT2D eigenvalue weighted by atomic mass is 35.5. The molecule has 3 aromatic rings. The lowest BCUT2D eigenvalue weighted by Gasteiger charge is -2.32. The Hall–Kier alpha value is -3.21. The fourth-order valence-electron chi connectivity index (χ4n) is 4.35. The van der Waals surface area contributed by atoms with E-state index in [4.69, 9.17) is 22.1 Å². The number of aryl methyl sites for hydroxylation is 1. The Morgan fingerprint density at radius 2 is 1.97 bits per heavy atom. The van der Waals surface area contributed by atoms with Gasteiger partial charge in [0.05, 0.1) is 46.2 Å². The topological polar surface area (TPSA) is 110 Å². The van der Waals surface area contributed by atoms with Crippen LogP contribution in [0.5, 0.6) is 0 Å². The quantitative estimate of drug-likeness (QED) is 0.360. The fourth-order valence-corrected chi connectivity index (χ4v) is 4.74. The third-order valence-electron chi connectivity index (χ3n) is 6.09. The average Bonchev–Trinajstić information content (AvgIpc) is 2.84. The van der Waals surface area contributed by atoms with E-state index in [1.807, 2.05) is 0 Å². The molecule has 0 atom stereocenters. The SMILES string of the molecule is CCOC(=O)c1cn(-c2cc(N)c(F)cc2CO)c2c(Cl)c(N3CCNCC3)c(F)c(C)c2c1=O. The van der Waals surface area contributed by atoms with Crippen LogP contribution in [0.3, 0.4) is 0 Å². The largest absolute Gasteiger partial charge is 0.462 e. The van der Waals surface area contributed by atoms with Gasteiger partial charge in [0.2, 0.25) is 5.43 Å². The van der Waals surface area contributed by atoms with Crippen LogP contribution in [0, 0.1) is 18.6 Å². The first-order chi connectivity index (χ1) is 16.7. The van der Waals surface area contributed by atoms with Crippen molar-refractivity contribution >= 4 is 39.8 Å². The van der Waals surface area contributed by atoms with Crippen LogP contribution in [0.4, 0.5) is 20.2 Å². The van der Waals surface area contributed by atoms with E-state index in [1.165, 1.54) is 23.8 Å². The van der Waals surface area contributed by atoms with E-state index < -0.39 is 29.6 Å². The van der Waals surface area contributed by atoms with Gasteiger partial charge in [-0.25, -0.2) is 13.6 Å². The number of rotatable bonds is 5. The van der Waals surface area contributed by atoms with E-state index >= 15 is 4.39 Å². The van der Waals surface area contributed by atoms with Crippen molar-refractivity contribution < 1.29 is 23.4 Å². The van der Waals surface area contributed by atoms with Gasteiger partial charge in [-0.15, -0.1) is 0 Å². The molecule has 11 heteroatoms. The summed E-state index contributed by atoms with van der Waals surface area (Å²) in [6, 6.07) is 2.32. The van der Waals surface area contributed by atoms with Crippen LogP contribution in [0.2, 0.25) is 5.02 Å². The second-order valence-corrected chi connectivity index (χ2v) is 8.56. The molecule has 0 radical (unpaired) electrons. The van der Waals surface area contributed by atoms with Crippen molar-refractivity contribution in [2.45, 2.75) is 20.5 Å². The highest BCUT2D eigenvalue weighted by Crippen LogP contribution is 2.40. The molecule has 4 N–H and O–H groups in total. The number of ether oxygens (including phenoxy) is 1. The van der Waals surface area contributed by atoms with Gasteiger partial charge in [-0.3, -0.25) is 4.79 Å². The Kier molecular flexibility index (Phi) is 6.98. The first kappa shape index (κ1) is 24.9. The van der Waals surface area contributed by atoms with Crippen LogP contribution < -0.4 is 21.4 Å². The molecule has 8 nitrogen and oxygen atoms in total. The molecular formula is C24H25ClF2N4O4. The number of carbonyl (C=O) groups excluding carboxylic acids is 1. The van der Waals surface area contributed by atoms with Gasteiger partial charge in [0, 0.05) is 43.5 Å². The molecule has 2 aromatic carbocycles. The number of anilines is 2. The molecule has 0 unspecified atom stereocenters. The highest BCUT2D eigenvalue weighted by molar-refractivity contribution is 6.38. The third-order valence-corrected chi connectivity index (χ3v) is 6.45. The van der Waals surface area contributed by atoms with Crippen molar-refractivity contribution in [2.75, 3.05) is 43.4 Å². The summed E-state index contributed by atoms with van der Waals surface area (Å²) in [5.74, 6) is -2.32. The number of piperazine rings is 1. The van der Waals surface area contributed by atoms with Gasteiger partial charge in [0.25, 0.3) is 0 Å². The van der Waals surface area contributed by atoms with Gasteiger partial charge in [0.1, 0.15) is 11.4 Å². The second kappa shape index (κ2) is 9.80. The number of halogens is 3. The van der Waals surface area contributed by atoms with Gasteiger partial charge in [0.15, 0.2) is 5.82 Å². The van der Waals surface area contributed by atoms with Gasteiger partial charge in [-0.1, -0.05) is 11.6 Å². The normalized spacial score (nSPS) is 13.9. The van der Waals surface area contributed by atoms with E-state index in [9.17, 15) is 19.1 Å². The number of fused-ring (bicyclic) bond motifs is 1. The summed E-state index contributed by atoms with van der Waals surface area (Å²) in [6.45, 7) is 4.66. The van der Waals surface area contributed by atoms with Crippen molar-refractivity contribution in [3.05, 3.63) is 61.9 Å². The zero-order chi connectivity index (χ0) is 25.4. The maximum atomic E-state index is 15.7. The standard InChI is InChI=1S/C24H25ClF2N4O4/c1-3-35-24(34)14-10-31(17-9-16(28)15(26)8-13(17)11-32)21-18(23(14)33)12(2)20(27)22(19(21)25)30-6-4-29-5-7-30/h8-10,29,32H,3-7,11,28H2,1-2H3. The van der Waals surface area contributed by atoms with E-state index in [1.54, 1.807) is 11.8 Å². The number of nitrogens with two attached hydrogens (primary N) is 1. The van der Waals surface area contributed by atoms with Crippen molar-refractivity contribution in [3.63, 3.8) is 0 Å². The highest BCUT2D eigenvalue weighted by Gasteiger charge is 2.28. The number of nitrogens with zero attached hydrogens (tertiary/aromatic N) is 2. The number of hydrogen-bond donors (Lipinski definition) is 3. The number of benzene rings is 2. The predicted octanol–water partition coefficient (Wildman–Crippen LogP) is 2.89. The number of esters is 1. The monoisotopic (exact) mass is 506 g/mol. The summed E-state index contributed by atoms with van der Waals surface area (Å²) >= 11 is 6.79. The zero-order valence-corrected chi connectivity index (χ0v) is 20.0. The lowest BCUT2D eigenvalue weighted by atomic mass is 10.0. The number of nitrogen functional groups attached to an aromatic ring is 1. The van der Waals surface area contributed by atoms with Crippen LogP contribution in [-0.4, -0.2) is 48.4 Å². The Balaban J connectivity index is 2.18. The number of pyridine rings is 1. The predicted molar refractivity (Wildman–Crippen MR) is 131 cm³/mol. The summed E-state index contributed by atoms with van der Waals surface area (Å²) in [6.07, 6.45) is 1.21. The summed E-state index contributed by atoms with van der Waals surface area (Å²) in [7, 11) is 0. The molecule has 0 amide bonds. The lowest BCUT2D eigenvalue weighted by molar-refractivity contribution is 0.0524. The van der Waals surface area contributed by atoms with Gasteiger partial charge < -0.3 is 30.4 Å². The van der Waals surface area contributed by atoms with Crippen molar-refractivity contribution in [1.82, 2.24) is 9.88 Å². The summed E-state index contributed by atoms with van der Waals surface area (Å²) in [5, 5.41) is 12.9. The molecule has 0 bridgehead atoms. The molecule has 35 heavy (non-hydrogen) atoms. The summed E-state index contributed by atoms with van der Waals surface area (Å²) < 4.78 is 36.3. The van der Waals surface area contributed by atoms with Crippen LogP contribution >= 0.6 is 11.6 Å². The average molecular weight is 507 g/mol. The Morgan fingerprint density at radius 1 is 1.29 bits per heavy atom. The van der Waals surface area contributed by atoms with E-state index in [-0.39, 0.29) is 56.3 Å². The minimum absolute atomic E-state index is 0.00321. The molecule has 0 spiro atoms. The summed E-state index contributed by atoms with van der Waals surface area (Å²) in [5.41, 5.74) is 5.01. The van der Waals surface area contributed by atoms with Crippen LogP contribution in [0.15, 0.2) is 23.1 Å². The molecule has 186 valence electrons. The number of carbonyl (C=O) groups is 1. The van der Waals surface area contributed by atoms with Crippen molar-refractivity contribution in [1.29, 1.82) is 0 Å².